The maximum atomic E-state index is 13.5. The number of nitrogens with zero attached hydrogens (tertiary/aromatic N) is 6. The molecule has 3 heterocycles. The van der Waals surface area contributed by atoms with Crippen LogP contribution < -0.4 is 4.90 Å². The number of hydrogen-bond acceptors (Lipinski definition) is 5. The third-order valence-electron chi connectivity index (χ3n) is 5.81. The molecule has 1 atom stereocenters. The summed E-state index contributed by atoms with van der Waals surface area (Å²) in [6.07, 6.45) is 5.21. The lowest BCUT2D eigenvalue weighted by atomic mass is 10.0. The molecular weight excluding hydrogens is 403 g/mol. The largest absolute Gasteiger partial charge is 0.352 e. The summed E-state index contributed by atoms with van der Waals surface area (Å²) in [5.74, 6) is 0.670. The quantitative estimate of drug-likeness (QED) is 0.613. The maximum absolute atomic E-state index is 13.5. The molecule has 1 fully saturated rings. The summed E-state index contributed by atoms with van der Waals surface area (Å²) >= 11 is 0. The lowest BCUT2D eigenvalue weighted by Crippen LogP contribution is -2.48. The summed E-state index contributed by atoms with van der Waals surface area (Å²) in [7, 11) is 0. The van der Waals surface area contributed by atoms with Crippen molar-refractivity contribution >= 4 is 18.2 Å². The fourth-order valence-corrected chi connectivity index (χ4v) is 4.15. The van der Waals surface area contributed by atoms with Gasteiger partial charge in [0.25, 0.3) is 0 Å². The van der Waals surface area contributed by atoms with Gasteiger partial charge in [0.15, 0.2) is 0 Å². The third kappa shape index (κ3) is 4.47. The van der Waals surface area contributed by atoms with Crippen molar-refractivity contribution in [3.63, 3.8) is 0 Å². The molecule has 4 rings (SSSR count). The van der Waals surface area contributed by atoms with Gasteiger partial charge in [-0.3, -0.25) is 14.6 Å². The van der Waals surface area contributed by atoms with Crippen LogP contribution in [0.15, 0.2) is 42.9 Å². The van der Waals surface area contributed by atoms with E-state index in [-0.39, 0.29) is 24.3 Å². The van der Waals surface area contributed by atoms with E-state index < -0.39 is 0 Å². The van der Waals surface area contributed by atoms with Crippen LogP contribution in [0.2, 0.25) is 0 Å². The predicted octanol–water partition coefficient (Wildman–Crippen LogP) is 3.93. The normalized spacial score (nSPS) is 17.1. The van der Waals surface area contributed by atoms with E-state index in [1.165, 1.54) is 11.3 Å². The number of anilines is 1. The molecule has 0 bridgehead atoms. The highest BCUT2D eigenvalue weighted by atomic mass is 35.5. The molecule has 0 radical (unpaired) electrons. The van der Waals surface area contributed by atoms with E-state index >= 15 is 0 Å². The van der Waals surface area contributed by atoms with Gasteiger partial charge in [0.05, 0.1) is 17.9 Å². The van der Waals surface area contributed by atoms with Gasteiger partial charge < -0.3 is 4.90 Å². The minimum atomic E-state index is -0.210. The van der Waals surface area contributed by atoms with Gasteiger partial charge in [-0.15, -0.1) is 12.4 Å². The van der Waals surface area contributed by atoms with E-state index in [9.17, 15) is 4.39 Å². The molecule has 0 N–H and O–H groups in total. The molecule has 6 nitrogen and oxygen atoms in total. The molecule has 3 aromatic rings. The second-order valence-electron chi connectivity index (χ2n) is 7.51. The molecule has 1 aromatic carbocycles. The fraction of sp³-hybridized carbons (Fsp3) is 0.409. The fourth-order valence-electron chi connectivity index (χ4n) is 4.15. The Labute approximate surface area is 183 Å². The number of piperazine rings is 1. The van der Waals surface area contributed by atoms with E-state index in [0.717, 1.165) is 49.8 Å². The van der Waals surface area contributed by atoms with Crippen LogP contribution in [-0.4, -0.2) is 44.3 Å². The molecule has 1 unspecified atom stereocenters. The average Bonchev–Trinajstić information content (AvgIpc) is 3.03. The lowest BCUT2D eigenvalue weighted by molar-refractivity contribution is 0.168. The highest BCUT2D eigenvalue weighted by Gasteiger charge is 2.30. The Bertz CT molecular complexity index is 960. The molecule has 8 heteroatoms. The second kappa shape index (κ2) is 9.53. The minimum absolute atomic E-state index is 0. The van der Waals surface area contributed by atoms with E-state index in [0.29, 0.717) is 0 Å². The summed E-state index contributed by atoms with van der Waals surface area (Å²) in [5, 5.41) is 4.68. The average molecular weight is 431 g/mol. The van der Waals surface area contributed by atoms with E-state index in [1.54, 1.807) is 30.7 Å². The van der Waals surface area contributed by atoms with Gasteiger partial charge in [0, 0.05) is 56.4 Å². The molecule has 0 amide bonds. The lowest BCUT2D eigenvalue weighted by Gasteiger charge is -2.42. The Kier molecular flexibility index (Phi) is 7.05. The Morgan fingerprint density at radius 3 is 2.50 bits per heavy atom. The molecule has 1 aliphatic heterocycles. The van der Waals surface area contributed by atoms with Gasteiger partial charge in [-0.05, 0) is 38.5 Å². The van der Waals surface area contributed by atoms with E-state index in [2.05, 4.69) is 50.3 Å². The zero-order valence-corrected chi connectivity index (χ0v) is 18.4. The molecule has 1 aliphatic rings. The van der Waals surface area contributed by atoms with Gasteiger partial charge in [-0.25, -0.2) is 9.37 Å². The monoisotopic (exact) mass is 430 g/mol. The van der Waals surface area contributed by atoms with Crippen LogP contribution >= 0.6 is 12.4 Å². The van der Waals surface area contributed by atoms with Crippen LogP contribution in [0.4, 0.5) is 10.2 Å². The zero-order valence-electron chi connectivity index (χ0n) is 17.6. The Morgan fingerprint density at radius 2 is 1.87 bits per heavy atom. The summed E-state index contributed by atoms with van der Waals surface area (Å²) in [6, 6.07) is 7.00. The second-order valence-corrected chi connectivity index (χ2v) is 7.51. The van der Waals surface area contributed by atoms with Crippen molar-refractivity contribution in [2.75, 3.05) is 24.5 Å². The molecule has 30 heavy (non-hydrogen) atoms. The number of hydrogen-bond donors (Lipinski definition) is 0. The van der Waals surface area contributed by atoms with Crippen LogP contribution in [0, 0.1) is 19.7 Å². The number of halogens is 2. The molecular formula is C22H28ClFN6. The minimum Gasteiger partial charge on any atom is -0.352 e. The number of aryl methyl sites for hydroxylation is 2. The molecule has 0 aliphatic carbocycles. The SMILES string of the molecule is CCn1nc(C)c(CN2CCN(c3cnccn3)CC2c2ccc(F)cc2)c1C.Cl. The third-order valence-corrected chi connectivity index (χ3v) is 5.81. The van der Waals surface area contributed by atoms with Crippen molar-refractivity contribution in [2.24, 2.45) is 0 Å². The molecule has 0 saturated carbocycles. The van der Waals surface area contributed by atoms with Crippen LogP contribution in [0.3, 0.4) is 0 Å². The standard InChI is InChI=1S/C22H27FN6.ClH/c1-4-29-17(3)20(16(2)26-29)14-27-11-12-28(22-13-24-9-10-25-22)15-21(27)18-5-7-19(23)8-6-18;/h5-10,13,21H,4,11-12,14-15H2,1-3H3;1H. The maximum Gasteiger partial charge on any atom is 0.147 e. The smallest absolute Gasteiger partial charge is 0.147 e. The summed E-state index contributed by atoms with van der Waals surface area (Å²) in [5.41, 5.74) is 4.70. The number of aromatic nitrogens is 4. The van der Waals surface area contributed by atoms with Gasteiger partial charge in [0.2, 0.25) is 0 Å². The highest BCUT2D eigenvalue weighted by Crippen LogP contribution is 2.30. The molecule has 2 aromatic heterocycles. The number of rotatable bonds is 5. The van der Waals surface area contributed by atoms with Crippen molar-refractivity contribution < 1.29 is 4.39 Å². The van der Waals surface area contributed by atoms with Gasteiger partial charge in [-0.1, -0.05) is 12.1 Å². The van der Waals surface area contributed by atoms with Crippen molar-refractivity contribution in [2.45, 2.75) is 39.9 Å². The van der Waals surface area contributed by atoms with Crippen LogP contribution in [0.25, 0.3) is 0 Å². The first-order valence-electron chi connectivity index (χ1n) is 10.1. The zero-order chi connectivity index (χ0) is 20.4. The summed E-state index contributed by atoms with van der Waals surface area (Å²) in [6.45, 7) is 10.6. The first kappa shape index (κ1) is 22.2. The van der Waals surface area contributed by atoms with Crippen molar-refractivity contribution in [3.05, 3.63) is 71.2 Å². The Hall–Kier alpha value is -2.51. The predicted molar refractivity (Wildman–Crippen MR) is 118 cm³/mol. The van der Waals surface area contributed by atoms with Crippen LogP contribution in [0.1, 0.15) is 35.5 Å². The van der Waals surface area contributed by atoms with Crippen molar-refractivity contribution in [3.8, 4) is 0 Å². The summed E-state index contributed by atoms with van der Waals surface area (Å²) < 4.78 is 15.6. The molecule has 160 valence electrons. The Balaban J connectivity index is 0.00000256. The van der Waals surface area contributed by atoms with Gasteiger partial charge in [-0.2, -0.15) is 5.10 Å². The highest BCUT2D eigenvalue weighted by molar-refractivity contribution is 5.85. The van der Waals surface area contributed by atoms with Crippen molar-refractivity contribution in [1.82, 2.24) is 24.6 Å². The van der Waals surface area contributed by atoms with E-state index in [4.69, 9.17) is 0 Å². The number of benzene rings is 1. The molecule has 0 spiro atoms. The van der Waals surface area contributed by atoms with Crippen LogP contribution in [-0.2, 0) is 13.1 Å². The van der Waals surface area contributed by atoms with Gasteiger partial charge in [0.1, 0.15) is 11.6 Å². The van der Waals surface area contributed by atoms with Crippen LogP contribution in [0.5, 0.6) is 0 Å². The van der Waals surface area contributed by atoms with Crippen molar-refractivity contribution in [1.29, 1.82) is 0 Å². The van der Waals surface area contributed by atoms with Gasteiger partial charge >= 0.3 is 0 Å². The molecule has 1 saturated heterocycles. The summed E-state index contributed by atoms with van der Waals surface area (Å²) in [4.78, 5) is 13.4. The topological polar surface area (TPSA) is 50.1 Å². The first-order chi connectivity index (χ1) is 14.1. The van der Waals surface area contributed by atoms with E-state index in [1.807, 2.05) is 12.1 Å². The Morgan fingerprint density at radius 1 is 1.10 bits per heavy atom. The first-order valence-corrected chi connectivity index (χ1v) is 10.1.